The topological polar surface area (TPSA) is 94.2 Å². The molecule has 2 aromatic carbocycles. The molecular formula is C20H18N2O6. The maximum atomic E-state index is 13.0. The lowest BCUT2D eigenvalue weighted by Crippen LogP contribution is -2.54. The third-order valence-corrected chi connectivity index (χ3v) is 4.15. The second-order valence-corrected chi connectivity index (χ2v) is 5.74. The van der Waals surface area contributed by atoms with Gasteiger partial charge in [-0.25, -0.2) is 9.69 Å². The van der Waals surface area contributed by atoms with Crippen LogP contribution in [-0.2, 0) is 9.59 Å². The minimum Gasteiger partial charge on any atom is -0.495 e. The Morgan fingerprint density at radius 1 is 0.857 bits per heavy atom. The molecule has 2 aromatic rings. The van der Waals surface area contributed by atoms with Gasteiger partial charge < -0.3 is 14.2 Å². The highest BCUT2D eigenvalue weighted by molar-refractivity contribution is 6.39. The largest absolute Gasteiger partial charge is 0.495 e. The monoisotopic (exact) mass is 382 g/mol. The number of para-hydroxylation sites is 2. The molecule has 1 saturated heterocycles. The van der Waals surface area contributed by atoms with Gasteiger partial charge in [-0.05, 0) is 35.9 Å². The van der Waals surface area contributed by atoms with Crippen LogP contribution in [0, 0.1) is 0 Å². The fourth-order valence-electron chi connectivity index (χ4n) is 2.80. The number of hydrogen-bond donors (Lipinski definition) is 1. The maximum Gasteiger partial charge on any atom is 0.336 e. The highest BCUT2D eigenvalue weighted by atomic mass is 16.5. The van der Waals surface area contributed by atoms with Crippen molar-refractivity contribution in [2.24, 2.45) is 0 Å². The van der Waals surface area contributed by atoms with Crippen LogP contribution in [0.1, 0.15) is 5.56 Å². The van der Waals surface area contributed by atoms with Crippen LogP contribution in [0.5, 0.6) is 17.2 Å². The average molecular weight is 382 g/mol. The van der Waals surface area contributed by atoms with Crippen molar-refractivity contribution in [3.8, 4) is 17.2 Å². The van der Waals surface area contributed by atoms with Crippen LogP contribution in [-0.4, -0.2) is 39.2 Å². The van der Waals surface area contributed by atoms with E-state index in [4.69, 9.17) is 14.2 Å². The molecule has 1 aliphatic heterocycles. The number of ether oxygens (including phenoxy) is 3. The summed E-state index contributed by atoms with van der Waals surface area (Å²) in [6.07, 6.45) is 1.38. The van der Waals surface area contributed by atoms with E-state index in [1.807, 2.05) is 0 Å². The number of methoxy groups -OCH3 is 3. The molecule has 0 aromatic heterocycles. The summed E-state index contributed by atoms with van der Waals surface area (Å²) in [5, 5.41) is 2.18. The third kappa shape index (κ3) is 3.39. The fraction of sp³-hybridized carbons (Fsp3) is 0.150. The molecule has 4 amide bonds. The Kier molecular flexibility index (Phi) is 5.30. The van der Waals surface area contributed by atoms with Gasteiger partial charge in [0.15, 0.2) is 11.5 Å². The van der Waals surface area contributed by atoms with Crippen molar-refractivity contribution in [2.75, 3.05) is 26.2 Å². The van der Waals surface area contributed by atoms with E-state index in [-0.39, 0.29) is 11.3 Å². The summed E-state index contributed by atoms with van der Waals surface area (Å²) in [4.78, 5) is 38.4. The Morgan fingerprint density at radius 3 is 2.21 bits per heavy atom. The zero-order valence-corrected chi connectivity index (χ0v) is 15.5. The fourth-order valence-corrected chi connectivity index (χ4v) is 2.80. The van der Waals surface area contributed by atoms with Crippen molar-refractivity contribution in [1.82, 2.24) is 5.32 Å². The summed E-state index contributed by atoms with van der Waals surface area (Å²) < 4.78 is 15.6. The Morgan fingerprint density at radius 2 is 1.54 bits per heavy atom. The molecule has 8 nitrogen and oxygen atoms in total. The number of imide groups is 2. The van der Waals surface area contributed by atoms with Gasteiger partial charge in [0.05, 0.1) is 27.0 Å². The summed E-state index contributed by atoms with van der Waals surface area (Å²) in [6, 6.07) is 10.6. The number of nitrogens with one attached hydrogen (secondary N) is 1. The highest BCUT2D eigenvalue weighted by Crippen LogP contribution is 2.32. The Hall–Kier alpha value is -3.81. The van der Waals surface area contributed by atoms with Crippen LogP contribution in [0.2, 0.25) is 0 Å². The second-order valence-electron chi connectivity index (χ2n) is 5.74. The molecule has 8 heteroatoms. The van der Waals surface area contributed by atoms with E-state index in [1.165, 1.54) is 27.4 Å². The zero-order valence-electron chi connectivity index (χ0n) is 15.5. The molecular weight excluding hydrogens is 364 g/mol. The number of hydrogen-bond acceptors (Lipinski definition) is 6. The number of barbiturate groups is 1. The van der Waals surface area contributed by atoms with Crippen molar-refractivity contribution < 1.29 is 28.6 Å². The van der Waals surface area contributed by atoms with Crippen LogP contribution in [0.4, 0.5) is 10.5 Å². The number of carbonyl (C=O) groups is 3. The van der Waals surface area contributed by atoms with Crippen LogP contribution < -0.4 is 24.4 Å². The molecule has 144 valence electrons. The van der Waals surface area contributed by atoms with E-state index in [2.05, 4.69) is 5.32 Å². The van der Waals surface area contributed by atoms with Gasteiger partial charge in [-0.2, -0.15) is 0 Å². The smallest absolute Gasteiger partial charge is 0.336 e. The molecule has 0 unspecified atom stereocenters. The Balaban J connectivity index is 2.04. The quantitative estimate of drug-likeness (QED) is 0.630. The van der Waals surface area contributed by atoms with Crippen LogP contribution in [0.25, 0.3) is 6.08 Å². The standard InChI is InChI=1S/C20H18N2O6/c1-26-15-7-5-4-6-14(15)22-19(24)13(18(23)21-20(22)25)10-12-8-9-16(27-2)17(11-12)28-3/h4-11H,1-3H3,(H,21,23,25)/b13-10-. The molecule has 0 spiro atoms. The average Bonchev–Trinajstić information content (AvgIpc) is 2.71. The van der Waals surface area contributed by atoms with Gasteiger partial charge in [0.25, 0.3) is 11.8 Å². The molecule has 1 fully saturated rings. The number of carbonyl (C=O) groups excluding carboxylic acids is 3. The minimum atomic E-state index is -0.844. The summed E-state index contributed by atoms with van der Waals surface area (Å²) in [7, 11) is 4.41. The van der Waals surface area contributed by atoms with Crippen molar-refractivity contribution in [2.45, 2.75) is 0 Å². The number of amides is 4. The first kappa shape index (κ1) is 19.0. The minimum absolute atomic E-state index is 0.197. The molecule has 1 aliphatic rings. The molecule has 3 rings (SSSR count). The van der Waals surface area contributed by atoms with Gasteiger partial charge in [0, 0.05) is 0 Å². The van der Waals surface area contributed by atoms with Crippen molar-refractivity contribution in [3.63, 3.8) is 0 Å². The number of urea groups is 1. The molecule has 1 heterocycles. The van der Waals surface area contributed by atoms with Crippen molar-refractivity contribution >= 4 is 29.6 Å². The number of benzene rings is 2. The Bertz CT molecular complexity index is 982. The van der Waals surface area contributed by atoms with Gasteiger partial charge >= 0.3 is 6.03 Å². The van der Waals surface area contributed by atoms with Crippen LogP contribution in [0.15, 0.2) is 48.0 Å². The summed E-state index contributed by atoms with van der Waals surface area (Å²) in [6.45, 7) is 0. The van der Waals surface area contributed by atoms with E-state index in [9.17, 15) is 14.4 Å². The summed E-state index contributed by atoms with van der Waals surface area (Å²) in [5.74, 6) is -0.261. The number of anilines is 1. The first-order valence-electron chi connectivity index (χ1n) is 8.26. The first-order valence-corrected chi connectivity index (χ1v) is 8.26. The van der Waals surface area contributed by atoms with Gasteiger partial charge in [-0.1, -0.05) is 18.2 Å². The summed E-state index contributed by atoms with van der Waals surface area (Å²) in [5.41, 5.74) is 0.571. The lowest BCUT2D eigenvalue weighted by atomic mass is 10.1. The van der Waals surface area contributed by atoms with Gasteiger partial charge in [0.2, 0.25) is 0 Å². The zero-order chi connectivity index (χ0) is 20.3. The number of rotatable bonds is 5. The lowest BCUT2D eigenvalue weighted by molar-refractivity contribution is -0.122. The van der Waals surface area contributed by atoms with E-state index in [0.29, 0.717) is 22.8 Å². The van der Waals surface area contributed by atoms with E-state index in [1.54, 1.807) is 42.5 Å². The normalized spacial score (nSPS) is 15.5. The molecule has 0 atom stereocenters. The molecule has 0 aliphatic carbocycles. The molecule has 0 radical (unpaired) electrons. The first-order chi connectivity index (χ1) is 13.5. The van der Waals surface area contributed by atoms with Gasteiger partial charge in [-0.3, -0.25) is 14.9 Å². The molecule has 28 heavy (non-hydrogen) atoms. The Labute approximate surface area is 161 Å². The number of nitrogens with zero attached hydrogens (tertiary/aromatic N) is 1. The lowest BCUT2D eigenvalue weighted by Gasteiger charge is -2.27. The molecule has 0 saturated carbocycles. The van der Waals surface area contributed by atoms with Crippen LogP contribution >= 0.6 is 0 Å². The predicted molar refractivity (Wildman–Crippen MR) is 102 cm³/mol. The van der Waals surface area contributed by atoms with Crippen molar-refractivity contribution in [3.05, 3.63) is 53.6 Å². The molecule has 1 N–H and O–H groups in total. The molecule has 0 bridgehead atoms. The van der Waals surface area contributed by atoms with E-state index in [0.717, 1.165) is 4.90 Å². The van der Waals surface area contributed by atoms with Crippen LogP contribution in [0.3, 0.4) is 0 Å². The summed E-state index contributed by atoms with van der Waals surface area (Å²) >= 11 is 0. The van der Waals surface area contributed by atoms with Gasteiger partial charge in [-0.15, -0.1) is 0 Å². The van der Waals surface area contributed by atoms with Gasteiger partial charge in [0.1, 0.15) is 11.3 Å². The van der Waals surface area contributed by atoms with Crippen molar-refractivity contribution in [1.29, 1.82) is 0 Å². The SMILES string of the molecule is COc1ccc(/C=C2/C(=O)NC(=O)N(c3ccccc3OC)C2=O)cc1OC. The second kappa shape index (κ2) is 7.83. The third-order valence-electron chi connectivity index (χ3n) is 4.15. The highest BCUT2D eigenvalue weighted by Gasteiger charge is 2.38. The van der Waals surface area contributed by atoms with E-state index >= 15 is 0 Å². The maximum absolute atomic E-state index is 13.0. The predicted octanol–water partition coefficient (Wildman–Crippen LogP) is 2.38. The van der Waals surface area contributed by atoms with E-state index < -0.39 is 17.8 Å².